The number of ether oxygens (including phenoxy) is 1. The van der Waals surface area contributed by atoms with Crippen molar-refractivity contribution in [3.8, 4) is 5.75 Å². The quantitative estimate of drug-likeness (QED) is 0.268. The second-order valence-corrected chi connectivity index (χ2v) is 14.6. The molecule has 10 heteroatoms. The number of anilines is 2. The Hall–Kier alpha value is -3.27. The highest BCUT2D eigenvalue weighted by molar-refractivity contribution is 8.02. The third-order valence-electron chi connectivity index (χ3n) is 9.64. The Morgan fingerprint density at radius 2 is 1.80 bits per heavy atom. The molecule has 8 nitrogen and oxygen atoms in total. The van der Waals surface area contributed by atoms with Crippen molar-refractivity contribution in [1.82, 2.24) is 4.90 Å². The van der Waals surface area contributed by atoms with Gasteiger partial charge < -0.3 is 24.5 Å². The number of carbonyl (C=O) groups is 3. The van der Waals surface area contributed by atoms with Crippen molar-refractivity contribution < 1.29 is 24.2 Å². The van der Waals surface area contributed by atoms with E-state index in [4.69, 9.17) is 16.3 Å². The average molecular weight is 666 g/mol. The first-order chi connectivity index (χ1) is 22.1. The Kier molecular flexibility index (Phi) is 10.3. The number of halogens is 1. The van der Waals surface area contributed by atoms with E-state index in [-0.39, 0.29) is 48.6 Å². The molecule has 2 aromatic carbocycles. The molecule has 1 N–H and O–H groups in total. The van der Waals surface area contributed by atoms with E-state index in [2.05, 4.69) is 13.2 Å². The number of carbonyl (C=O) groups excluding carboxylic acids is 3. The Balaban J connectivity index is 1.60. The topological polar surface area (TPSA) is 90.4 Å². The number of rotatable bonds is 13. The molecule has 0 aromatic heterocycles. The summed E-state index contributed by atoms with van der Waals surface area (Å²) >= 11 is 8.30. The summed E-state index contributed by atoms with van der Waals surface area (Å²) in [5.41, 5.74) is 2.08. The van der Waals surface area contributed by atoms with Gasteiger partial charge in [0.05, 0.1) is 46.5 Å². The molecule has 2 unspecified atom stereocenters. The number of hydrogen-bond donors (Lipinski definition) is 1. The van der Waals surface area contributed by atoms with Crippen LogP contribution in [0.1, 0.15) is 39.2 Å². The molecule has 3 amide bonds. The fourth-order valence-corrected chi connectivity index (χ4v) is 10.2. The first-order valence-electron chi connectivity index (χ1n) is 16.0. The smallest absolute Gasteiger partial charge is 0.251 e. The van der Waals surface area contributed by atoms with E-state index in [1.54, 1.807) is 44.7 Å². The lowest BCUT2D eigenvalue weighted by Crippen LogP contribution is -2.58. The van der Waals surface area contributed by atoms with Crippen molar-refractivity contribution in [3.63, 3.8) is 0 Å². The molecule has 3 aliphatic heterocycles. The molecule has 5 rings (SSSR count). The number of benzene rings is 2. The van der Waals surface area contributed by atoms with Crippen LogP contribution in [0.15, 0.2) is 67.8 Å². The monoisotopic (exact) mass is 665 g/mol. The second-order valence-electron chi connectivity index (χ2n) is 12.6. The maximum Gasteiger partial charge on any atom is 0.251 e. The van der Waals surface area contributed by atoms with E-state index in [1.807, 2.05) is 64.1 Å². The van der Waals surface area contributed by atoms with E-state index in [9.17, 15) is 19.5 Å². The van der Waals surface area contributed by atoms with Crippen LogP contribution < -0.4 is 14.5 Å². The highest BCUT2D eigenvalue weighted by Crippen LogP contribution is 2.67. The van der Waals surface area contributed by atoms with Gasteiger partial charge in [-0.15, -0.1) is 24.9 Å². The van der Waals surface area contributed by atoms with Crippen molar-refractivity contribution >= 4 is 52.5 Å². The summed E-state index contributed by atoms with van der Waals surface area (Å²) in [6.07, 6.45) is 4.64. The van der Waals surface area contributed by atoms with Gasteiger partial charge in [0.2, 0.25) is 11.8 Å². The molecule has 3 heterocycles. The third kappa shape index (κ3) is 5.64. The number of likely N-dealkylation sites (tertiary alicyclic amines) is 1. The van der Waals surface area contributed by atoms with E-state index < -0.39 is 28.7 Å². The van der Waals surface area contributed by atoms with Gasteiger partial charge >= 0.3 is 0 Å². The van der Waals surface area contributed by atoms with Gasteiger partial charge in [0.1, 0.15) is 11.8 Å². The van der Waals surface area contributed by atoms with E-state index >= 15 is 0 Å². The van der Waals surface area contributed by atoms with Gasteiger partial charge in [-0.1, -0.05) is 49.7 Å². The lowest BCUT2D eigenvalue weighted by Gasteiger charge is -2.41. The molecule has 1 spiro atoms. The van der Waals surface area contributed by atoms with Crippen LogP contribution in [0.3, 0.4) is 0 Å². The minimum atomic E-state index is -0.897. The normalized spacial score (nSPS) is 25.4. The highest BCUT2D eigenvalue weighted by atomic mass is 35.5. The molecule has 46 heavy (non-hydrogen) atoms. The summed E-state index contributed by atoms with van der Waals surface area (Å²) in [5, 5.41) is 10.9. The molecular weight excluding hydrogens is 622 g/mol. The molecule has 3 fully saturated rings. The molecule has 3 saturated heterocycles. The Morgan fingerprint density at radius 3 is 2.39 bits per heavy atom. The van der Waals surface area contributed by atoms with E-state index in [0.717, 1.165) is 5.56 Å². The number of aliphatic hydroxyl groups is 1. The molecule has 0 aliphatic carbocycles. The zero-order valence-electron chi connectivity index (χ0n) is 27.0. The summed E-state index contributed by atoms with van der Waals surface area (Å²) in [7, 11) is 0. The van der Waals surface area contributed by atoms with Gasteiger partial charge in [-0.3, -0.25) is 14.4 Å². The van der Waals surface area contributed by atoms with Crippen LogP contribution in [0.25, 0.3) is 0 Å². The van der Waals surface area contributed by atoms with Crippen LogP contribution >= 0.6 is 23.4 Å². The van der Waals surface area contributed by atoms with Gasteiger partial charge in [-0.2, -0.15) is 0 Å². The Labute approximate surface area is 281 Å². The van der Waals surface area contributed by atoms with Crippen LogP contribution in [-0.4, -0.2) is 76.1 Å². The zero-order chi connectivity index (χ0) is 33.3. The fraction of sp³-hybridized carbons (Fsp3) is 0.472. The van der Waals surface area contributed by atoms with Crippen LogP contribution in [0, 0.1) is 24.7 Å². The van der Waals surface area contributed by atoms with Crippen molar-refractivity contribution in [2.45, 2.75) is 62.6 Å². The average Bonchev–Trinajstić information content (AvgIpc) is 3.67. The molecule has 0 saturated carbocycles. The molecule has 0 radical (unpaired) electrons. The summed E-state index contributed by atoms with van der Waals surface area (Å²) in [5.74, 6) is -1.48. The van der Waals surface area contributed by atoms with Crippen molar-refractivity contribution in [2.24, 2.45) is 17.8 Å². The summed E-state index contributed by atoms with van der Waals surface area (Å²) < 4.78 is 4.77. The number of aliphatic hydroxyl groups excluding tert-OH is 1. The third-order valence-corrected chi connectivity index (χ3v) is 11.9. The molecule has 246 valence electrons. The number of hydrogen-bond acceptors (Lipinski definition) is 6. The number of fused-ring (bicyclic) bond motifs is 1. The first kappa shape index (κ1) is 34.1. The van der Waals surface area contributed by atoms with Crippen LogP contribution in [0.5, 0.6) is 5.75 Å². The molecular formula is C36H44ClN3O5S. The van der Waals surface area contributed by atoms with Crippen molar-refractivity contribution in [3.05, 3.63) is 78.4 Å². The predicted molar refractivity (Wildman–Crippen MR) is 186 cm³/mol. The predicted octanol–water partition coefficient (Wildman–Crippen LogP) is 5.89. The molecule has 6 atom stereocenters. The maximum absolute atomic E-state index is 15.0. The number of nitrogens with zero attached hydrogens (tertiary/aromatic N) is 3. The molecule has 2 aromatic rings. The summed E-state index contributed by atoms with van der Waals surface area (Å²) in [6, 6.07) is 11.3. The van der Waals surface area contributed by atoms with Crippen LogP contribution in [-0.2, 0) is 14.4 Å². The largest absolute Gasteiger partial charge is 0.494 e. The Bertz CT molecular complexity index is 1480. The number of thioether (sulfide) groups is 1. The second kappa shape index (κ2) is 13.8. The minimum Gasteiger partial charge on any atom is -0.494 e. The first-order valence-corrected chi connectivity index (χ1v) is 17.2. The van der Waals surface area contributed by atoms with Crippen molar-refractivity contribution in [2.75, 3.05) is 36.1 Å². The molecule has 2 bridgehead atoms. The van der Waals surface area contributed by atoms with Crippen LogP contribution in [0.2, 0.25) is 5.02 Å². The van der Waals surface area contributed by atoms with Gasteiger partial charge in [0.15, 0.2) is 0 Å². The van der Waals surface area contributed by atoms with Gasteiger partial charge in [-0.25, -0.2) is 0 Å². The standard InChI is InChI=1S/C36H44ClN3O5S/c1-7-19-38(24-13-15-25(16-14-24)45-9-3)33(42)29-28-17-18-36(46-28)30(29)34(43)40(27(21-41)22(4)5)32(36)35(44)39(20-8-2)31-23(6)11-10-12-26(31)37/h7-8,10-16,22,27-30,32,41H,1-2,9,17-21H2,3-6H3/t27-,28+,29-,30-,32?,36?/m0/s1. The van der Waals surface area contributed by atoms with Gasteiger partial charge in [0.25, 0.3) is 5.91 Å². The maximum atomic E-state index is 15.0. The number of aryl methyl sites for hydroxylation is 1. The zero-order valence-corrected chi connectivity index (χ0v) is 28.6. The fourth-order valence-electron chi connectivity index (χ4n) is 7.68. The number of amides is 3. The number of para-hydroxylation sites is 1. The van der Waals surface area contributed by atoms with E-state index in [0.29, 0.717) is 41.6 Å². The minimum absolute atomic E-state index is 0.129. The lowest BCUT2D eigenvalue weighted by molar-refractivity contribution is -0.142. The van der Waals surface area contributed by atoms with Crippen molar-refractivity contribution in [1.29, 1.82) is 0 Å². The van der Waals surface area contributed by atoms with Crippen LogP contribution in [0.4, 0.5) is 11.4 Å². The SMILES string of the molecule is C=CCN(C(=O)[C@@H]1[C@H]2C(=O)N([C@@H](CO)C(C)C)C(C(=O)N(CC=C)c3c(C)cccc3Cl)C23CC[C@H]1S3)c1ccc(OCC)cc1. The summed E-state index contributed by atoms with van der Waals surface area (Å²) in [6.45, 7) is 16.2. The highest BCUT2D eigenvalue weighted by Gasteiger charge is 2.75. The lowest BCUT2D eigenvalue weighted by atomic mass is 9.70. The Morgan fingerprint density at radius 1 is 1.13 bits per heavy atom. The summed E-state index contributed by atoms with van der Waals surface area (Å²) in [4.78, 5) is 49.3. The van der Waals surface area contributed by atoms with Gasteiger partial charge in [-0.05, 0) is 68.5 Å². The van der Waals surface area contributed by atoms with E-state index in [1.165, 1.54) is 0 Å². The van der Waals surface area contributed by atoms with Gasteiger partial charge in [0, 0.05) is 24.0 Å². The molecule has 3 aliphatic rings.